The van der Waals surface area contributed by atoms with Crippen LogP contribution < -0.4 is 10.5 Å². The molecule has 3 N–H and O–H groups in total. The van der Waals surface area contributed by atoms with Gasteiger partial charge in [0.05, 0.1) is 4.90 Å². The zero-order chi connectivity index (χ0) is 15.5. The minimum Gasteiger partial charge on any atom is -0.398 e. The minimum atomic E-state index is -3.72. The van der Waals surface area contributed by atoms with Crippen LogP contribution in [0.15, 0.2) is 17.0 Å². The van der Waals surface area contributed by atoms with Gasteiger partial charge in [-0.25, -0.2) is 17.5 Å². The predicted octanol–water partition coefficient (Wildman–Crippen LogP) is 1.04. The highest BCUT2D eigenvalue weighted by Crippen LogP contribution is 2.20. The first-order chi connectivity index (χ1) is 9.90. The molecule has 0 spiro atoms. The SMILES string of the molecule is Cc1c(N)cc(S(=O)(=O)NCCN2CCSCC2)cc1F. The second-order valence-electron chi connectivity index (χ2n) is 4.97. The molecule has 0 saturated carbocycles. The van der Waals surface area contributed by atoms with Crippen LogP contribution in [0.1, 0.15) is 5.56 Å². The summed E-state index contributed by atoms with van der Waals surface area (Å²) in [6.45, 7) is 4.42. The number of nitrogens with two attached hydrogens (primary N) is 1. The molecule has 0 aliphatic carbocycles. The van der Waals surface area contributed by atoms with Gasteiger partial charge in [-0.05, 0) is 19.1 Å². The van der Waals surface area contributed by atoms with Crippen LogP contribution in [0.2, 0.25) is 0 Å². The van der Waals surface area contributed by atoms with Crippen LogP contribution in [-0.4, -0.2) is 51.0 Å². The lowest BCUT2D eigenvalue weighted by atomic mass is 10.2. The molecule has 1 fully saturated rings. The molecule has 1 aliphatic heterocycles. The quantitative estimate of drug-likeness (QED) is 0.788. The van der Waals surface area contributed by atoms with E-state index in [0.29, 0.717) is 13.1 Å². The lowest BCUT2D eigenvalue weighted by Crippen LogP contribution is -2.39. The van der Waals surface area contributed by atoms with Gasteiger partial charge in [0.25, 0.3) is 0 Å². The van der Waals surface area contributed by atoms with E-state index in [1.165, 1.54) is 13.0 Å². The first-order valence-corrected chi connectivity index (χ1v) is 9.39. The van der Waals surface area contributed by atoms with Crippen LogP contribution in [-0.2, 0) is 10.0 Å². The van der Waals surface area contributed by atoms with Crippen molar-refractivity contribution < 1.29 is 12.8 Å². The number of sulfonamides is 1. The van der Waals surface area contributed by atoms with E-state index < -0.39 is 15.8 Å². The minimum absolute atomic E-state index is 0.128. The van der Waals surface area contributed by atoms with Crippen molar-refractivity contribution in [3.63, 3.8) is 0 Å². The fourth-order valence-electron chi connectivity index (χ4n) is 2.08. The molecular weight excluding hydrogens is 313 g/mol. The number of halogens is 1. The molecule has 0 radical (unpaired) electrons. The molecule has 1 heterocycles. The highest BCUT2D eigenvalue weighted by atomic mass is 32.2. The summed E-state index contributed by atoms with van der Waals surface area (Å²) in [6, 6.07) is 2.30. The van der Waals surface area contributed by atoms with E-state index >= 15 is 0 Å². The Hall–Kier alpha value is -0.830. The molecule has 5 nitrogen and oxygen atoms in total. The topological polar surface area (TPSA) is 75.4 Å². The zero-order valence-corrected chi connectivity index (χ0v) is 13.6. The van der Waals surface area contributed by atoms with E-state index in [1.807, 2.05) is 11.8 Å². The summed E-state index contributed by atoms with van der Waals surface area (Å²) in [7, 11) is -3.72. The van der Waals surface area contributed by atoms with Gasteiger partial charge in [0.15, 0.2) is 0 Å². The molecule has 0 atom stereocenters. The number of hydrogen-bond donors (Lipinski definition) is 2. The van der Waals surface area contributed by atoms with Crippen molar-refractivity contribution in [3.8, 4) is 0 Å². The van der Waals surface area contributed by atoms with Crippen molar-refractivity contribution in [2.75, 3.05) is 43.4 Å². The van der Waals surface area contributed by atoms with Gasteiger partial charge in [0, 0.05) is 48.9 Å². The van der Waals surface area contributed by atoms with Gasteiger partial charge < -0.3 is 10.6 Å². The van der Waals surface area contributed by atoms with Gasteiger partial charge in [-0.15, -0.1) is 0 Å². The van der Waals surface area contributed by atoms with Crippen LogP contribution in [0, 0.1) is 12.7 Å². The van der Waals surface area contributed by atoms with Crippen LogP contribution in [0.25, 0.3) is 0 Å². The Labute approximate surface area is 129 Å². The van der Waals surface area contributed by atoms with Gasteiger partial charge >= 0.3 is 0 Å². The normalized spacial score (nSPS) is 17.0. The first kappa shape index (κ1) is 16.5. The van der Waals surface area contributed by atoms with Crippen LogP contribution >= 0.6 is 11.8 Å². The van der Waals surface area contributed by atoms with Crippen molar-refractivity contribution in [1.82, 2.24) is 9.62 Å². The third kappa shape index (κ3) is 4.32. The maximum atomic E-state index is 13.6. The van der Waals surface area contributed by atoms with E-state index in [2.05, 4.69) is 9.62 Å². The number of rotatable bonds is 5. The largest absolute Gasteiger partial charge is 0.398 e. The van der Waals surface area contributed by atoms with Crippen molar-refractivity contribution >= 4 is 27.5 Å². The van der Waals surface area contributed by atoms with E-state index in [1.54, 1.807) is 0 Å². The summed E-state index contributed by atoms with van der Waals surface area (Å²) in [5.74, 6) is 1.54. The fourth-order valence-corrected chi connectivity index (χ4v) is 4.12. The smallest absolute Gasteiger partial charge is 0.240 e. The van der Waals surface area contributed by atoms with E-state index in [4.69, 9.17) is 5.73 Å². The van der Waals surface area contributed by atoms with Gasteiger partial charge in [0.1, 0.15) is 5.82 Å². The maximum Gasteiger partial charge on any atom is 0.240 e. The highest BCUT2D eigenvalue weighted by Gasteiger charge is 2.18. The van der Waals surface area contributed by atoms with Gasteiger partial charge in [-0.2, -0.15) is 11.8 Å². The molecule has 1 aromatic carbocycles. The molecule has 1 saturated heterocycles. The Morgan fingerprint density at radius 3 is 2.67 bits per heavy atom. The fraction of sp³-hybridized carbons (Fsp3) is 0.538. The number of nitrogen functional groups attached to an aromatic ring is 1. The van der Waals surface area contributed by atoms with E-state index in [-0.39, 0.29) is 16.1 Å². The average molecular weight is 333 g/mol. The number of nitrogens with zero attached hydrogens (tertiary/aromatic N) is 1. The van der Waals surface area contributed by atoms with Gasteiger partial charge in [-0.1, -0.05) is 0 Å². The Balaban J connectivity index is 1.98. The standard InChI is InChI=1S/C13H20FN3O2S2/c1-10-12(14)8-11(9-13(10)15)21(18,19)16-2-3-17-4-6-20-7-5-17/h8-9,16H,2-7,15H2,1H3. The monoisotopic (exact) mass is 333 g/mol. The Kier molecular flexibility index (Phi) is 5.48. The number of thioether (sulfide) groups is 1. The number of benzene rings is 1. The third-order valence-electron chi connectivity index (χ3n) is 3.49. The van der Waals surface area contributed by atoms with Crippen molar-refractivity contribution in [3.05, 3.63) is 23.5 Å². The summed E-state index contributed by atoms with van der Waals surface area (Å²) < 4.78 is 40.4. The van der Waals surface area contributed by atoms with Crippen molar-refractivity contribution in [2.24, 2.45) is 0 Å². The Bertz CT molecular complexity index is 578. The molecule has 0 aromatic heterocycles. The summed E-state index contributed by atoms with van der Waals surface area (Å²) in [5, 5.41) is 0. The second kappa shape index (κ2) is 6.95. The maximum absolute atomic E-state index is 13.6. The van der Waals surface area contributed by atoms with Crippen LogP contribution in [0.4, 0.5) is 10.1 Å². The Morgan fingerprint density at radius 1 is 1.38 bits per heavy atom. The van der Waals surface area contributed by atoms with Gasteiger partial charge in [-0.3, -0.25) is 0 Å². The van der Waals surface area contributed by atoms with Crippen molar-refractivity contribution in [1.29, 1.82) is 0 Å². The Morgan fingerprint density at radius 2 is 2.05 bits per heavy atom. The number of nitrogens with one attached hydrogen (secondary N) is 1. The lowest BCUT2D eigenvalue weighted by Gasteiger charge is -2.26. The number of anilines is 1. The second-order valence-corrected chi connectivity index (χ2v) is 7.96. The highest BCUT2D eigenvalue weighted by molar-refractivity contribution is 7.99. The average Bonchev–Trinajstić information content (AvgIpc) is 2.45. The lowest BCUT2D eigenvalue weighted by molar-refractivity contribution is 0.307. The first-order valence-electron chi connectivity index (χ1n) is 6.75. The third-order valence-corrected chi connectivity index (χ3v) is 5.88. The zero-order valence-electron chi connectivity index (χ0n) is 11.9. The molecule has 21 heavy (non-hydrogen) atoms. The molecular formula is C13H20FN3O2S2. The molecule has 0 amide bonds. The predicted molar refractivity (Wildman–Crippen MR) is 84.5 cm³/mol. The molecule has 0 unspecified atom stereocenters. The molecule has 0 bridgehead atoms. The molecule has 1 aromatic rings. The molecule has 1 aliphatic rings. The van der Waals surface area contributed by atoms with E-state index in [0.717, 1.165) is 30.7 Å². The van der Waals surface area contributed by atoms with Crippen LogP contribution in [0.5, 0.6) is 0 Å². The summed E-state index contributed by atoms with van der Waals surface area (Å²) in [4.78, 5) is 2.08. The van der Waals surface area contributed by atoms with Crippen molar-refractivity contribution in [2.45, 2.75) is 11.8 Å². The molecule has 118 valence electrons. The van der Waals surface area contributed by atoms with Gasteiger partial charge in [0.2, 0.25) is 10.0 Å². The molecule has 2 rings (SSSR count). The molecule has 8 heteroatoms. The van der Waals surface area contributed by atoms with E-state index in [9.17, 15) is 12.8 Å². The summed E-state index contributed by atoms with van der Waals surface area (Å²) >= 11 is 1.90. The summed E-state index contributed by atoms with van der Waals surface area (Å²) in [5.41, 5.74) is 6.03. The summed E-state index contributed by atoms with van der Waals surface area (Å²) in [6.07, 6.45) is 0. The number of hydrogen-bond acceptors (Lipinski definition) is 5. The van der Waals surface area contributed by atoms with Crippen LogP contribution in [0.3, 0.4) is 0 Å².